The van der Waals surface area contributed by atoms with Crippen molar-refractivity contribution in [1.82, 2.24) is 14.9 Å². The highest BCUT2D eigenvalue weighted by atomic mass is 19.1. The van der Waals surface area contributed by atoms with Gasteiger partial charge in [-0.1, -0.05) is 25.5 Å². The van der Waals surface area contributed by atoms with Crippen molar-refractivity contribution in [2.45, 2.75) is 52.5 Å². The average Bonchev–Trinajstić information content (AvgIpc) is 2.92. The van der Waals surface area contributed by atoms with E-state index in [0.29, 0.717) is 36.5 Å². The second-order valence-electron chi connectivity index (χ2n) is 10.3. The largest absolute Gasteiger partial charge is 0.381 e. The van der Waals surface area contributed by atoms with E-state index >= 15 is 8.78 Å². The zero-order chi connectivity index (χ0) is 28.4. The normalized spacial score (nSPS) is 14.5. The number of benzene rings is 3. The number of ether oxygens (including phenoxy) is 1. The summed E-state index contributed by atoms with van der Waals surface area (Å²) in [4.78, 5) is 7.16. The van der Waals surface area contributed by atoms with Gasteiger partial charge in [0.25, 0.3) is 0 Å². The van der Waals surface area contributed by atoms with E-state index in [2.05, 4.69) is 20.7 Å². The summed E-state index contributed by atoms with van der Waals surface area (Å²) in [6, 6.07) is 11.0. The van der Waals surface area contributed by atoms with Crippen LogP contribution in [0.2, 0.25) is 0 Å². The second kappa shape index (κ2) is 11.4. The molecule has 40 heavy (non-hydrogen) atoms. The van der Waals surface area contributed by atoms with Gasteiger partial charge in [-0.05, 0) is 74.1 Å². The average molecular weight is 551 g/mol. The monoisotopic (exact) mass is 550 g/mol. The van der Waals surface area contributed by atoms with Gasteiger partial charge in [-0.15, -0.1) is 10.4 Å². The highest BCUT2D eigenvalue weighted by molar-refractivity contribution is 5.85. The number of anilines is 2. The van der Waals surface area contributed by atoms with Crippen LogP contribution in [0.25, 0.3) is 22.0 Å². The van der Waals surface area contributed by atoms with E-state index in [1.54, 1.807) is 30.5 Å². The van der Waals surface area contributed by atoms with Gasteiger partial charge in [0.15, 0.2) is 5.82 Å². The summed E-state index contributed by atoms with van der Waals surface area (Å²) in [5.74, 6) is -1.25. The summed E-state index contributed by atoms with van der Waals surface area (Å²) in [6.07, 6.45) is 4.74. The zero-order valence-electron chi connectivity index (χ0n) is 22.8. The molecule has 4 N–H and O–H groups in total. The summed E-state index contributed by atoms with van der Waals surface area (Å²) >= 11 is 0. The summed E-state index contributed by atoms with van der Waals surface area (Å²) in [5.41, 5.74) is 5.41. The van der Waals surface area contributed by atoms with Crippen LogP contribution in [0.3, 0.4) is 0 Å². The third kappa shape index (κ3) is 5.75. The molecule has 0 spiro atoms. The van der Waals surface area contributed by atoms with Crippen molar-refractivity contribution in [2.75, 3.05) is 24.0 Å². The molecule has 3 aromatic carbocycles. The maximum atomic E-state index is 15.8. The number of aryl methyl sites for hydroxylation is 2. The molecule has 0 atom stereocenters. The molecular formula is C30H34F2N5O3+. The van der Waals surface area contributed by atoms with Gasteiger partial charge in [-0.2, -0.15) is 5.43 Å². The summed E-state index contributed by atoms with van der Waals surface area (Å²) < 4.78 is 36.2. The number of quaternary nitrogens is 1. The lowest BCUT2D eigenvalue weighted by Gasteiger charge is -2.25. The van der Waals surface area contributed by atoms with E-state index in [4.69, 9.17) is 4.74 Å². The Morgan fingerprint density at radius 2 is 1.82 bits per heavy atom. The number of hydrogen-bond acceptors (Lipinski definition) is 7. The van der Waals surface area contributed by atoms with Gasteiger partial charge in [0.1, 0.15) is 11.5 Å². The van der Waals surface area contributed by atoms with Crippen LogP contribution < -0.4 is 15.7 Å². The molecule has 8 nitrogen and oxygen atoms in total. The summed E-state index contributed by atoms with van der Waals surface area (Å²) in [6.45, 7) is 7.11. The number of nitrogens with zero attached hydrogens (tertiary/aromatic N) is 3. The van der Waals surface area contributed by atoms with Crippen LogP contribution in [0, 0.1) is 25.5 Å². The molecule has 1 fully saturated rings. The molecule has 0 bridgehead atoms. The standard InChI is InChI=1S/C30H34F2N5O3/c1-4-5-23-19(3)14-18(2)15-27(23)37(38,39)36-26-9-7-24(31)28(29(26)32)20-6-8-25-21(16-20)17-33-30(35-25)34-22-10-12-40-13-11-22/h6-9,14-17,22,36,38-39H,4-5,10-13H2,1-3H3,(H,33,34,35)/q+1. The molecule has 1 aliphatic rings. The lowest BCUT2D eigenvalue weighted by molar-refractivity contribution is -0.273. The molecule has 0 amide bonds. The van der Waals surface area contributed by atoms with E-state index in [1.807, 2.05) is 26.8 Å². The molecule has 0 unspecified atom stereocenters. The van der Waals surface area contributed by atoms with Crippen molar-refractivity contribution in [1.29, 1.82) is 0 Å². The van der Waals surface area contributed by atoms with Gasteiger partial charge in [0.05, 0.1) is 16.0 Å². The van der Waals surface area contributed by atoms with Crippen LogP contribution in [0.1, 0.15) is 42.9 Å². The highest BCUT2D eigenvalue weighted by Gasteiger charge is 2.34. The van der Waals surface area contributed by atoms with Crippen molar-refractivity contribution in [3.05, 3.63) is 77.0 Å². The Bertz CT molecular complexity index is 1540. The van der Waals surface area contributed by atoms with E-state index in [9.17, 15) is 10.4 Å². The molecule has 0 radical (unpaired) electrons. The molecule has 210 valence electrons. The Hall–Kier alpha value is -3.70. The van der Waals surface area contributed by atoms with E-state index < -0.39 is 16.6 Å². The Kier molecular flexibility index (Phi) is 7.95. The quantitative estimate of drug-likeness (QED) is 0.141. The molecule has 2 heterocycles. The van der Waals surface area contributed by atoms with E-state index in [1.165, 1.54) is 0 Å². The molecule has 10 heteroatoms. The van der Waals surface area contributed by atoms with Crippen LogP contribution in [0.4, 0.5) is 26.1 Å². The number of nitrogens with one attached hydrogen (secondary N) is 2. The zero-order valence-corrected chi connectivity index (χ0v) is 22.8. The minimum atomic E-state index is -1.78. The predicted molar refractivity (Wildman–Crippen MR) is 151 cm³/mol. The highest BCUT2D eigenvalue weighted by Crippen LogP contribution is 2.35. The Morgan fingerprint density at radius 1 is 1.05 bits per heavy atom. The third-order valence-electron chi connectivity index (χ3n) is 7.22. The molecule has 4 aromatic rings. The fourth-order valence-corrected chi connectivity index (χ4v) is 5.24. The van der Waals surface area contributed by atoms with Crippen molar-refractivity contribution >= 4 is 28.2 Å². The van der Waals surface area contributed by atoms with Gasteiger partial charge in [0.2, 0.25) is 11.6 Å². The molecule has 0 aliphatic carbocycles. The predicted octanol–water partition coefficient (Wildman–Crippen LogP) is 6.85. The smallest absolute Gasteiger partial charge is 0.231 e. The van der Waals surface area contributed by atoms with Crippen LogP contribution >= 0.6 is 0 Å². The van der Waals surface area contributed by atoms with Crippen molar-refractivity contribution in [2.24, 2.45) is 0 Å². The lowest BCUT2D eigenvalue weighted by Crippen LogP contribution is -2.48. The van der Waals surface area contributed by atoms with Crippen molar-refractivity contribution in [3.63, 3.8) is 0 Å². The Balaban J connectivity index is 1.46. The maximum Gasteiger partial charge on any atom is 0.231 e. The number of hydrogen-bond donors (Lipinski definition) is 4. The molecule has 1 aromatic heterocycles. The number of halogens is 2. The first-order chi connectivity index (χ1) is 19.2. The van der Waals surface area contributed by atoms with Crippen LogP contribution in [-0.4, -0.2) is 39.6 Å². The van der Waals surface area contributed by atoms with Crippen LogP contribution in [-0.2, 0) is 11.2 Å². The van der Waals surface area contributed by atoms with E-state index in [-0.39, 0.29) is 28.5 Å². The first-order valence-electron chi connectivity index (χ1n) is 13.5. The van der Waals surface area contributed by atoms with Crippen LogP contribution in [0.15, 0.2) is 48.7 Å². The molecule has 5 rings (SSSR count). The third-order valence-corrected chi connectivity index (χ3v) is 7.22. The fraction of sp³-hybridized carbons (Fsp3) is 0.333. The molecular weight excluding hydrogens is 516 g/mol. The molecule has 0 saturated carbocycles. The first kappa shape index (κ1) is 27.9. The first-order valence-corrected chi connectivity index (χ1v) is 13.5. The minimum Gasteiger partial charge on any atom is -0.381 e. The fourth-order valence-electron chi connectivity index (χ4n) is 5.24. The Morgan fingerprint density at radius 3 is 2.58 bits per heavy atom. The minimum absolute atomic E-state index is 0.178. The molecule has 1 aliphatic heterocycles. The lowest BCUT2D eigenvalue weighted by atomic mass is 9.99. The Labute approximate surface area is 231 Å². The van der Waals surface area contributed by atoms with Crippen LogP contribution in [0.5, 0.6) is 0 Å². The SMILES string of the molecule is CCCc1c(C)cc(C)cc1[N+](O)(O)Nc1ccc(F)c(-c2ccc3nc(NC4CCOCC4)ncc3c2)c1F. The second-order valence-corrected chi connectivity index (χ2v) is 10.3. The number of aromatic nitrogens is 2. The van der Waals surface area contributed by atoms with Gasteiger partial charge in [-0.3, -0.25) is 0 Å². The van der Waals surface area contributed by atoms with Gasteiger partial charge in [0, 0.05) is 42.5 Å². The number of fused-ring (bicyclic) bond motifs is 1. The van der Waals surface area contributed by atoms with E-state index in [0.717, 1.165) is 48.1 Å². The van der Waals surface area contributed by atoms with Gasteiger partial charge >= 0.3 is 0 Å². The van der Waals surface area contributed by atoms with Crippen molar-refractivity contribution in [3.8, 4) is 11.1 Å². The van der Waals surface area contributed by atoms with Gasteiger partial charge < -0.3 is 10.1 Å². The molecule has 1 saturated heterocycles. The summed E-state index contributed by atoms with van der Waals surface area (Å²) in [7, 11) is 0. The summed E-state index contributed by atoms with van der Waals surface area (Å²) in [5, 5.41) is 26.0. The topological polar surface area (TPSA) is 99.5 Å². The van der Waals surface area contributed by atoms with Crippen molar-refractivity contribution < 1.29 is 23.9 Å². The van der Waals surface area contributed by atoms with Gasteiger partial charge in [-0.25, -0.2) is 18.7 Å². The number of rotatable bonds is 8. The maximum absolute atomic E-state index is 15.8.